The van der Waals surface area contributed by atoms with Gasteiger partial charge in [-0.2, -0.15) is 8.42 Å². The van der Waals surface area contributed by atoms with Crippen LogP contribution in [0, 0.1) is 5.41 Å². The lowest BCUT2D eigenvalue weighted by atomic mass is 10.1. The van der Waals surface area contributed by atoms with E-state index in [-0.39, 0.29) is 23.0 Å². The molecule has 0 aromatic heterocycles. The highest BCUT2D eigenvalue weighted by atomic mass is 32.3. The Kier molecular flexibility index (Phi) is 7.75. The lowest BCUT2D eigenvalue weighted by Crippen LogP contribution is -2.28. The molecule has 174 valence electrons. The van der Waals surface area contributed by atoms with Crippen LogP contribution >= 0.6 is 0 Å². The summed E-state index contributed by atoms with van der Waals surface area (Å²) >= 11 is 0. The fourth-order valence-corrected chi connectivity index (χ4v) is 2.48. The average molecular weight is 469 g/mol. The van der Waals surface area contributed by atoms with Crippen molar-refractivity contribution in [2.45, 2.75) is 12.4 Å². The highest BCUT2D eigenvalue weighted by Gasteiger charge is 2.32. The smallest absolute Gasteiger partial charge is 0.445 e. The summed E-state index contributed by atoms with van der Waals surface area (Å²) in [6, 6.07) is 8.47. The SMILES string of the molecule is CN(C)C(=N)N.O=S(=O)(O)O/C=C/c1ccc2c(c1)OC(C(O)c1ccc(O)c(O)c1)O2. The van der Waals surface area contributed by atoms with E-state index >= 15 is 0 Å². The van der Waals surface area contributed by atoms with Gasteiger partial charge in [0.05, 0.1) is 0 Å². The monoisotopic (exact) mass is 469 g/mol. The van der Waals surface area contributed by atoms with Gasteiger partial charge in [-0.05, 0) is 41.5 Å². The number of phenols is 2. The lowest BCUT2D eigenvalue weighted by Gasteiger charge is -2.17. The van der Waals surface area contributed by atoms with Crippen molar-refractivity contribution < 1.29 is 41.9 Å². The van der Waals surface area contributed by atoms with Gasteiger partial charge in [0.25, 0.3) is 6.29 Å². The first-order valence-electron chi connectivity index (χ1n) is 8.88. The zero-order chi connectivity index (χ0) is 24.1. The standard InChI is InChI=1S/C16H14O9S.C3H9N3/c17-11-3-2-10(8-12(11)18)15(19)16-24-13-4-1-9(7-14(13)25-16)5-6-23-26(20,21)22;1-6(2)3(4)5/h1-8,15-19H,(H,20,21,22);1-2H3,(H3,4,5)/b6-5+;. The fourth-order valence-electron chi connectivity index (χ4n) is 2.28. The van der Waals surface area contributed by atoms with E-state index in [1.54, 1.807) is 26.2 Å². The van der Waals surface area contributed by atoms with Gasteiger partial charge in [-0.25, -0.2) is 0 Å². The molecule has 12 nitrogen and oxygen atoms in total. The number of hydrogen-bond donors (Lipinski definition) is 6. The number of ether oxygens (including phenoxy) is 2. The number of nitrogens with one attached hydrogen (secondary N) is 1. The summed E-state index contributed by atoms with van der Waals surface area (Å²) in [6.07, 6.45) is -0.254. The highest BCUT2D eigenvalue weighted by Crippen LogP contribution is 2.40. The van der Waals surface area contributed by atoms with Gasteiger partial charge in [0.15, 0.2) is 35.1 Å². The summed E-state index contributed by atoms with van der Waals surface area (Å²) < 4.78 is 44.6. The quantitative estimate of drug-likeness (QED) is 0.121. The van der Waals surface area contributed by atoms with E-state index in [4.69, 9.17) is 25.2 Å². The average Bonchev–Trinajstić information content (AvgIpc) is 3.12. The van der Waals surface area contributed by atoms with Crippen LogP contribution < -0.4 is 15.2 Å². The third-order valence-electron chi connectivity index (χ3n) is 3.97. The Balaban J connectivity index is 0.000000534. The highest BCUT2D eigenvalue weighted by molar-refractivity contribution is 7.81. The summed E-state index contributed by atoms with van der Waals surface area (Å²) in [6.45, 7) is 0. The number of phenolic OH excluding ortho intramolecular Hbond substituents is 2. The van der Waals surface area contributed by atoms with Gasteiger partial charge in [-0.3, -0.25) is 9.96 Å². The molecule has 3 rings (SSSR count). The summed E-state index contributed by atoms with van der Waals surface area (Å²) in [5.74, 6) is 0.0373. The van der Waals surface area contributed by atoms with Crippen molar-refractivity contribution in [3.05, 3.63) is 53.8 Å². The number of hydrogen-bond acceptors (Lipinski definition) is 9. The third-order valence-corrected chi connectivity index (χ3v) is 4.33. The molecule has 32 heavy (non-hydrogen) atoms. The molecular weight excluding hydrogens is 446 g/mol. The molecule has 2 atom stereocenters. The van der Waals surface area contributed by atoms with E-state index in [2.05, 4.69) is 4.18 Å². The normalized spacial score (nSPS) is 15.6. The van der Waals surface area contributed by atoms with E-state index in [1.165, 1.54) is 35.2 Å². The van der Waals surface area contributed by atoms with Crippen molar-refractivity contribution in [3.8, 4) is 23.0 Å². The van der Waals surface area contributed by atoms with Crippen LogP contribution in [0.25, 0.3) is 6.08 Å². The minimum atomic E-state index is -4.58. The van der Waals surface area contributed by atoms with Crippen LogP contribution in [0.5, 0.6) is 23.0 Å². The second-order valence-electron chi connectivity index (χ2n) is 6.61. The van der Waals surface area contributed by atoms with Gasteiger partial charge >= 0.3 is 10.4 Å². The molecule has 0 aliphatic carbocycles. The number of guanidine groups is 1. The van der Waals surface area contributed by atoms with Crippen LogP contribution in [-0.4, -0.2) is 59.5 Å². The number of aliphatic hydroxyl groups is 1. The van der Waals surface area contributed by atoms with Crippen molar-refractivity contribution in [2.75, 3.05) is 14.1 Å². The zero-order valence-electron chi connectivity index (χ0n) is 17.0. The van der Waals surface area contributed by atoms with Gasteiger partial charge in [0.2, 0.25) is 0 Å². The largest absolute Gasteiger partial charge is 0.504 e. The minimum Gasteiger partial charge on any atom is -0.504 e. The summed E-state index contributed by atoms with van der Waals surface area (Å²) in [4.78, 5) is 1.53. The maximum atomic E-state index is 10.5. The first-order chi connectivity index (χ1) is 14.9. The summed E-state index contributed by atoms with van der Waals surface area (Å²) in [5.41, 5.74) is 5.72. The Hall–Kier alpha value is -3.68. The molecule has 1 heterocycles. The molecule has 13 heteroatoms. The number of nitrogens with zero attached hydrogens (tertiary/aromatic N) is 1. The molecule has 0 saturated heterocycles. The van der Waals surface area contributed by atoms with Crippen LogP contribution in [0.2, 0.25) is 0 Å². The van der Waals surface area contributed by atoms with Crippen molar-refractivity contribution in [3.63, 3.8) is 0 Å². The minimum absolute atomic E-state index is 0.0926. The molecule has 0 radical (unpaired) electrons. The predicted molar refractivity (Wildman–Crippen MR) is 113 cm³/mol. The Bertz CT molecular complexity index is 1100. The third kappa shape index (κ3) is 6.94. The van der Waals surface area contributed by atoms with Gasteiger partial charge in [-0.1, -0.05) is 12.1 Å². The van der Waals surface area contributed by atoms with Crippen LogP contribution in [-0.2, 0) is 14.6 Å². The van der Waals surface area contributed by atoms with E-state index in [0.29, 0.717) is 17.1 Å². The predicted octanol–water partition coefficient (Wildman–Crippen LogP) is 1.16. The van der Waals surface area contributed by atoms with Gasteiger partial charge in [0, 0.05) is 14.1 Å². The number of aliphatic hydroxyl groups excluding tert-OH is 1. The molecule has 0 spiro atoms. The van der Waals surface area contributed by atoms with Crippen LogP contribution in [0.3, 0.4) is 0 Å². The molecule has 1 aliphatic rings. The lowest BCUT2D eigenvalue weighted by molar-refractivity contribution is -0.0605. The number of aromatic hydroxyl groups is 2. The number of rotatable bonds is 5. The molecule has 2 unspecified atom stereocenters. The molecule has 0 saturated carbocycles. The number of fused-ring (bicyclic) bond motifs is 1. The molecule has 1 aliphatic heterocycles. The van der Waals surface area contributed by atoms with Crippen molar-refractivity contribution in [1.29, 1.82) is 5.41 Å². The van der Waals surface area contributed by atoms with Gasteiger partial charge in [-0.15, -0.1) is 0 Å². The second kappa shape index (κ2) is 10.1. The molecular formula is C19H23N3O9S. The molecule has 0 fully saturated rings. The first kappa shape index (κ1) is 24.6. The molecule has 0 amide bonds. The van der Waals surface area contributed by atoms with E-state index in [0.717, 1.165) is 6.26 Å². The van der Waals surface area contributed by atoms with Crippen molar-refractivity contribution in [2.24, 2.45) is 5.73 Å². The van der Waals surface area contributed by atoms with Gasteiger partial charge < -0.3 is 39.6 Å². The molecule has 2 aromatic carbocycles. The van der Waals surface area contributed by atoms with Gasteiger partial charge in [0.1, 0.15) is 6.26 Å². The van der Waals surface area contributed by atoms with Crippen molar-refractivity contribution in [1.82, 2.24) is 4.90 Å². The maximum absolute atomic E-state index is 10.5. The number of nitrogens with two attached hydrogens (primary N) is 1. The molecule has 0 bridgehead atoms. The van der Waals surface area contributed by atoms with E-state index < -0.39 is 22.8 Å². The Morgan fingerprint density at radius 3 is 2.34 bits per heavy atom. The first-order valence-corrected chi connectivity index (χ1v) is 10.2. The van der Waals surface area contributed by atoms with Crippen LogP contribution in [0.1, 0.15) is 17.2 Å². The van der Waals surface area contributed by atoms with Crippen LogP contribution in [0.15, 0.2) is 42.7 Å². The maximum Gasteiger partial charge on any atom is 0.445 e. The van der Waals surface area contributed by atoms with E-state index in [1.807, 2.05) is 0 Å². The Labute approximate surface area is 184 Å². The molecule has 2 aromatic rings. The Morgan fingerprint density at radius 1 is 1.16 bits per heavy atom. The summed E-state index contributed by atoms with van der Waals surface area (Å²) in [5, 5.41) is 35.8. The van der Waals surface area contributed by atoms with Crippen LogP contribution in [0.4, 0.5) is 0 Å². The van der Waals surface area contributed by atoms with Crippen molar-refractivity contribution >= 4 is 22.4 Å². The fraction of sp³-hybridized carbons (Fsp3) is 0.211. The molecule has 7 N–H and O–H groups in total. The topological polar surface area (TPSA) is 196 Å². The number of benzene rings is 2. The Morgan fingerprint density at radius 2 is 1.78 bits per heavy atom. The second-order valence-corrected chi connectivity index (χ2v) is 7.66. The zero-order valence-corrected chi connectivity index (χ0v) is 17.9. The summed E-state index contributed by atoms with van der Waals surface area (Å²) in [7, 11) is -1.13. The van der Waals surface area contributed by atoms with E-state index in [9.17, 15) is 23.7 Å².